The number of hydrogen-bond acceptors (Lipinski definition) is 3. The van der Waals surface area contributed by atoms with Crippen LogP contribution in [0, 0.1) is 18.3 Å². The second kappa shape index (κ2) is 6.44. The van der Waals surface area contributed by atoms with Crippen LogP contribution in [0.15, 0.2) is 24.3 Å². The average Bonchev–Trinajstić information content (AvgIpc) is 3.22. The molecule has 0 heterocycles. The van der Waals surface area contributed by atoms with Crippen LogP contribution >= 0.6 is 0 Å². The average molecular weight is 245 g/mol. The summed E-state index contributed by atoms with van der Waals surface area (Å²) in [7, 11) is 0. The van der Waals surface area contributed by atoms with Gasteiger partial charge in [0.05, 0.1) is 6.10 Å². The third-order valence-electron chi connectivity index (χ3n) is 3.12. The van der Waals surface area contributed by atoms with E-state index in [2.05, 4.69) is 11.2 Å². The molecule has 1 unspecified atom stereocenters. The van der Waals surface area contributed by atoms with Crippen molar-refractivity contribution in [3.8, 4) is 18.1 Å². The molecule has 1 aliphatic rings. The zero-order chi connectivity index (χ0) is 12.8. The minimum atomic E-state index is -0.219. The molecule has 0 radical (unpaired) electrons. The molecule has 18 heavy (non-hydrogen) atoms. The van der Waals surface area contributed by atoms with Gasteiger partial charge < -0.3 is 15.2 Å². The lowest BCUT2D eigenvalue weighted by atomic mass is 10.2. The molecule has 0 aromatic heterocycles. The molecule has 0 bridgehead atoms. The molecule has 2 N–H and O–H groups in total. The topological polar surface area (TPSA) is 41.5 Å². The van der Waals surface area contributed by atoms with E-state index >= 15 is 0 Å². The Labute approximate surface area is 108 Å². The van der Waals surface area contributed by atoms with Gasteiger partial charge in [-0.15, -0.1) is 6.42 Å². The van der Waals surface area contributed by atoms with Crippen LogP contribution in [-0.4, -0.2) is 24.4 Å². The fraction of sp³-hybridized carbons (Fsp3) is 0.467. The molecule has 0 aliphatic heterocycles. The van der Waals surface area contributed by atoms with Crippen molar-refractivity contribution < 1.29 is 9.84 Å². The fourth-order valence-electron chi connectivity index (χ4n) is 1.91. The Kier molecular flexibility index (Phi) is 4.63. The van der Waals surface area contributed by atoms with E-state index < -0.39 is 0 Å². The van der Waals surface area contributed by atoms with E-state index in [1.165, 1.54) is 0 Å². The van der Waals surface area contributed by atoms with Crippen molar-refractivity contribution in [2.75, 3.05) is 13.2 Å². The molecule has 1 fully saturated rings. The number of benzene rings is 1. The Morgan fingerprint density at radius 3 is 2.94 bits per heavy atom. The van der Waals surface area contributed by atoms with E-state index in [1.54, 1.807) is 0 Å². The van der Waals surface area contributed by atoms with Crippen LogP contribution in [-0.2, 0) is 6.54 Å². The molecule has 3 heteroatoms. The van der Waals surface area contributed by atoms with Gasteiger partial charge >= 0.3 is 0 Å². The predicted octanol–water partition coefficient (Wildman–Crippen LogP) is 1.56. The number of terminal acetylenes is 1. The lowest BCUT2D eigenvalue weighted by molar-refractivity contribution is 0.148. The van der Waals surface area contributed by atoms with E-state index in [-0.39, 0.29) is 12.7 Å². The Morgan fingerprint density at radius 2 is 2.22 bits per heavy atom. The summed E-state index contributed by atoms with van der Waals surface area (Å²) < 4.78 is 5.47. The molecule has 3 nitrogen and oxygen atoms in total. The molecule has 0 amide bonds. The zero-order valence-electron chi connectivity index (χ0n) is 10.4. The third-order valence-corrected chi connectivity index (χ3v) is 3.12. The van der Waals surface area contributed by atoms with Gasteiger partial charge in [0.1, 0.15) is 12.4 Å². The maximum absolute atomic E-state index is 9.76. The van der Waals surface area contributed by atoms with Crippen molar-refractivity contribution in [2.24, 2.45) is 5.92 Å². The molecular weight excluding hydrogens is 226 g/mol. The Hall–Kier alpha value is -1.50. The quantitative estimate of drug-likeness (QED) is 0.716. The number of rotatable bonds is 7. The van der Waals surface area contributed by atoms with Crippen molar-refractivity contribution in [3.05, 3.63) is 29.8 Å². The summed E-state index contributed by atoms with van der Waals surface area (Å²) in [6.07, 6.45) is 7.28. The standard InChI is InChI=1S/C15H19NO2/c1-2-9-18-15-6-4-3-5-13(15)10-16-11-14(17)12-7-8-12/h1,3-6,12,14,16-17H,7-11H2. The van der Waals surface area contributed by atoms with Crippen molar-refractivity contribution in [1.82, 2.24) is 5.32 Å². The molecule has 1 aromatic carbocycles. The monoisotopic (exact) mass is 245 g/mol. The van der Waals surface area contributed by atoms with Gasteiger partial charge in [-0.25, -0.2) is 0 Å². The molecular formula is C15H19NO2. The van der Waals surface area contributed by atoms with Crippen LogP contribution in [0.2, 0.25) is 0 Å². The second-order valence-corrected chi connectivity index (χ2v) is 4.64. The van der Waals surface area contributed by atoms with Gasteiger partial charge in [0, 0.05) is 18.7 Å². The zero-order valence-corrected chi connectivity index (χ0v) is 10.4. The van der Waals surface area contributed by atoms with Gasteiger partial charge in [0.25, 0.3) is 0 Å². The van der Waals surface area contributed by atoms with Crippen molar-refractivity contribution in [2.45, 2.75) is 25.5 Å². The molecule has 2 rings (SSSR count). The highest BCUT2D eigenvalue weighted by Gasteiger charge is 2.29. The van der Waals surface area contributed by atoms with Gasteiger partial charge in [0.15, 0.2) is 0 Å². The number of hydrogen-bond donors (Lipinski definition) is 2. The first kappa shape index (κ1) is 12.9. The summed E-state index contributed by atoms with van der Waals surface area (Å²) in [5.41, 5.74) is 1.07. The lowest BCUT2D eigenvalue weighted by Gasteiger charge is -2.13. The Bertz CT molecular complexity index is 421. The Balaban J connectivity index is 1.82. The number of ether oxygens (including phenoxy) is 1. The maximum Gasteiger partial charge on any atom is 0.148 e. The van der Waals surface area contributed by atoms with E-state index in [4.69, 9.17) is 11.2 Å². The lowest BCUT2D eigenvalue weighted by Crippen LogP contribution is -2.28. The van der Waals surface area contributed by atoms with Crippen molar-refractivity contribution >= 4 is 0 Å². The third kappa shape index (κ3) is 3.76. The van der Waals surface area contributed by atoms with Gasteiger partial charge in [-0.2, -0.15) is 0 Å². The molecule has 1 aromatic rings. The largest absolute Gasteiger partial charge is 0.481 e. The second-order valence-electron chi connectivity index (χ2n) is 4.64. The predicted molar refractivity (Wildman–Crippen MR) is 71.2 cm³/mol. The van der Waals surface area contributed by atoms with Crippen LogP contribution in [0.25, 0.3) is 0 Å². The highest BCUT2D eigenvalue weighted by Crippen LogP contribution is 2.32. The molecule has 96 valence electrons. The van der Waals surface area contributed by atoms with E-state index in [9.17, 15) is 5.11 Å². The normalized spacial score (nSPS) is 16.0. The SMILES string of the molecule is C#CCOc1ccccc1CNCC(O)C1CC1. The van der Waals surface area contributed by atoms with Crippen LogP contribution in [0.3, 0.4) is 0 Å². The van der Waals surface area contributed by atoms with Crippen LogP contribution < -0.4 is 10.1 Å². The number of aliphatic hydroxyl groups is 1. The van der Waals surface area contributed by atoms with Crippen LogP contribution in [0.4, 0.5) is 0 Å². The van der Waals surface area contributed by atoms with Crippen molar-refractivity contribution in [1.29, 1.82) is 0 Å². The first-order chi connectivity index (χ1) is 8.81. The van der Waals surface area contributed by atoms with Gasteiger partial charge in [-0.1, -0.05) is 24.1 Å². The smallest absolute Gasteiger partial charge is 0.148 e. The summed E-state index contributed by atoms with van der Waals surface area (Å²) in [6.45, 7) is 1.60. The molecule has 0 saturated heterocycles. The van der Waals surface area contributed by atoms with Gasteiger partial charge in [0.2, 0.25) is 0 Å². The molecule has 0 spiro atoms. The molecule has 1 aliphatic carbocycles. The minimum absolute atomic E-state index is 0.219. The summed E-state index contributed by atoms with van der Waals surface area (Å²) in [5.74, 6) is 3.77. The first-order valence-electron chi connectivity index (χ1n) is 6.34. The highest BCUT2D eigenvalue weighted by molar-refractivity contribution is 5.33. The maximum atomic E-state index is 9.76. The molecule has 1 saturated carbocycles. The van der Waals surface area contributed by atoms with Crippen LogP contribution in [0.5, 0.6) is 5.75 Å². The number of aliphatic hydroxyl groups excluding tert-OH is 1. The summed E-state index contributed by atoms with van der Waals surface area (Å²) >= 11 is 0. The number of para-hydroxylation sites is 1. The summed E-state index contributed by atoms with van der Waals surface area (Å²) in [5, 5.41) is 13.0. The van der Waals surface area contributed by atoms with Crippen LogP contribution in [0.1, 0.15) is 18.4 Å². The summed E-state index contributed by atoms with van der Waals surface area (Å²) in [6, 6.07) is 7.81. The number of nitrogens with one attached hydrogen (secondary N) is 1. The van der Waals surface area contributed by atoms with E-state index in [0.29, 0.717) is 19.0 Å². The Morgan fingerprint density at radius 1 is 1.44 bits per heavy atom. The molecule has 1 atom stereocenters. The van der Waals surface area contributed by atoms with Crippen molar-refractivity contribution in [3.63, 3.8) is 0 Å². The first-order valence-corrected chi connectivity index (χ1v) is 6.34. The highest BCUT2D eigenvalue weighted by atomic mass is 16.5. The fourth-order valence-corrected chi connectivity index (χ4v) is 1.91. The minimum Gasteiger partial charge on any atom is -0.481 e. The summed E-state index contributed by atoms with van der Waals surface area (Å²) in [4.78, 5) is 0. The van der Waals surface area contributed by atoms with Gasteiger partial charge in [-0.3, -0.25) is 0 Å². The van der Waals surface area contributed by atoms with E-state index in [1.807, 2.05) is 24.3 Å². The van der Waals surface area contributed by atoms with Gasteiger partial charge in [-0.05, 0) is 24.8 Å². The van der Waals surface area contributed by atoms with E-state index in [0.717, 1.165) is 24.2 Å².